The van der Waals surface area contributed by atoms with Gasteiger partial charge in [0.05, 0.1) is 18.4 Å². The number of rotatable bonds is 6. The molecule has 1 aromatic carbocycles. The first-order chi connectivity index (χ1) is 13.7. The van der Waals surface area contributed by atoms with E-state index >= 15 is 0 Å². The molecular formula is C20H19N5O2S. The first kappa shape index (κ1) is 18.1. The molecule has 0 saturated carbocycles. The molecule has 0 N–H and O–H groups in total. The van der Waals surface area contributed by atoms with Crippen LogP contribution in [-0.2, 0) is 13.1 Å². The minimum absolute atomic E-state index is 0.200. The molecule has 0 aliphatic carbocycles. The summed E-state index contributed by atoms with van der Waals surface area (Å²) in [7, 11) is 1.61. The summed E-state index contributed by atoms with van der Waals surface area (Å²) in [6, 6.07) is 11.3. The van der Waals surface area contributed by atoms with Crippen molar-refractivity contribution in [2.45, 2.75) is 20.0 Å². The summed E-state index contributed by atoms with van der Waals surface area (Å²) in [6.45, 7) is 3.04. The number of hydrogen-bond donors (Lipinski definition) is 0. The van der Waals surface area contributed by atoms with Crippen molar-refractivity contribution in [3.8, 4) is 5.75 Å². The van der Waals surface area contributed by atoms with Crippen molar-refractivity contribution >= 4 is 32.6 Å². The van der Waals surface area contributed by atoms with Crippen LogP contribution in [-0.4, -0.2) is 32.8 Å². The van der Waals surface area contributed by atoms with Crippen LogP contribution in [0, 0.1) is 0 Å². The third-order valence-corrected chi connectivity index (χ3v) is 5.36. The smallest absolute Gasteiger partial charge is 0.280 e. The summed E-state index contributed by atoms with van der Waals surface area (Å²) in [5.74, 6) is 0.484. The van der Waals surface area contributed by atoms with E-state index in [9.17, 15) is 4.79 Å². The third-order valence-electron chi connectivity index (χ3n) is 4.31. The number of hydrogen-bond acceptors (Lipinski definition) is 6. The zero-order valence-corrected chi connectivity index (χ0v) is 16.4. The monoisotopic (exact) mass is 393 g/mol. The number of carbonyl (C=O) groups excluding carboxylic acids is 1. The molecule has 0 saturated heterocycles. The van der Waals surface area contributed by atoms with Gasteiger partial charge in [0.1, 0.15) is 11.3 Å². The summed E-state index contributed by atoms with van der Waals surface area (Å²) >= 11 is 1.45. The summed E-state index contributed by atoms with van der Waals surface area (Å²) in [6.07, 6.45) is 5.26. The van der Waals surface area contributed by atoms with Gasteiger partial charge in [-0.15, -0.1) is 0 Å². The predicted octanol–water partition coefficient (Wildman–Crippen LogP) is 3.76. The Labute approximate surface area is 166 Å². The molecule has 3 heterocycles. The molecular weight excluding hydrogens is 374 g/mol. The third kappa shape index (κ3) is 3.46. The highest BCUT2D eigenvalue weighted by atomic mass is 32.1. The molecule has 1 amide bonds. The second kappa shape index (κ2) is 7.77. The van der Waals surface area contributed by atoms with Crippen LogP contribution in [0.25, 0.3) is 10.2 Å². The van der Waals surface area contributed by atoms with Crippen LogP contribution in [0.3, 0.4) is 0 Å². The van der Waals surface area contributed by atoms with E-state index in [0.717, 1.165) is 15.8 Å². The van der Waals surface area contributed by atoms with E-state index in [2.05, 4.69) is 10.1 Å². The maximum absolute atomic E-state index is 13.3. The van der Waals surface area contributed by atoms with Gasteiger partial charge in [-0.05, 0) is 36.8 Å². The zero-order chi connectivity index (χ0) is 19.5. The molecule has 0 aliphatic heterocycles. The van der Waals surface area contributed by atoms with E-state index in [1.54, 1.807) is 41.3 Å². The molecule has 28 heavy (non-hydrogen) atoms. The molecule has 3 aromatic heterocycles. The second-order valence-electron chi connectivity index (χ2n) is 6.11. The number of amides is 1. The molecule has 0 fully saturated rings. The molecule has 0 aliphatic rings. The molecule has 7 nitrogen and oxygen atoms in total. The van der Waals surface area contributed by atoms with E-state index in [4.69, 9.17) is 9.72 Å². The van der Waals surface area contributed by atoms with Gasteiger partial charge in [-0.2, -0.15) is 5.10 Å². The minimum Gasteiger partial charge on any atom is -0.494 e. The zero-order valence-electron chi connectivity index (χ0n) is 15.6. The van der Waals surface area contributed by atoms with Gasteiger partial charge in [-0.3, -0.25) is 19.4 Å². The molecule has 0 atom stereocenters. The number of para-hydroxylation sites is 1. The molecule has 4 rings (SSSR count). The van der Waals surface area contributed by atoms with E-state index < -0.39 is 0 Å². The van der Waals surface area contributed by atoms with Crippen molar-refractivity contribution in [2.24, 2.45) is 0 Å². The van der Waals surface area contributed by atoms with Crippen molar-refractivity contribution in [1.82, 2.24) is 19.7 Å². The van der Waals surface area contributed by atoms with Gasteiger partial charge in [0.2, 0.25) is 0 Å². The van der Waals surface area contributed by atoms with Crippen LogP contribution in [0.5, 0.6) is 5.75 Å². The Morgan fingerprint density at radius 1 is 1.25 bits per heavy atom. The Balaban J connectivity index is 1.77. The van der Waals surface area contributed by atoms with Crippen LogP contribution in [0.1, 0.15) is 23.0 Å². The number of ether oxygens (including phenoxy) is 1. The van der Waals surface area contributed by atoms with Gasteiger partial charge in [-0.25, -0.2) is 4.98 Å². The Morgan fingerprint density at radius 3 is 2.86 bits per heavy atom. The number of fused-ring (bicyclic) bond motifs is 1. The van der Waals surface area contributed by atoms with E-state index in [1.807, 2.05) is 37.3 Å². The lowest BCUT2D eigenvalue weighted by Crippen LogP contribution is -2.30. The Bertz CT molecular complexity index is 1110. The van der Waals surface area contributed by atoms with Crippen LogP contribution in [0.4, 0.5) is 5.13 Å². The highest BCUT2D eigenvalue weighted by Crippen LogP contribution is 2.35. The summed E-state index contributed by atoms with van der Waals surface area (Å²) in [5, 5.41) is 4.96. The lowest BCUT2D eigenvalue weighted by Gasteiger charge is -2.18. The highest BCUT2D eigenvalue weighted by Gasteiger charge is 2.24. The van der Waals surface area contributed by atoms with Crippen LogP contribution in [0.2, 0.25) is 0 Å². The fourth-order valence-corrected chi connectivity index (χ4v) is 3.86. The number of thiazole rings is 1. The number of carbonyl (C=O) groups is 1. The standard InChI is InChI=1S/C20H19N5O2S/c1-3-24-11-9-15(23-24)19(26)25(13-14-6-5-10-21-12-14)20-22-18-16(27-2)7-4-8-17(18)28-20/h4-12H,3,13H2,1-2H3. The van der Waals surface area contributed by atoms with Crippen molar-refractivity contribution in [2.75, 3.05) is 12.0 Å². The molecule has 0 bridgehead atoms. The summed E-state index contributed by atoms with van der Waals surface area (Å²) in [4.78, 5) is 23.8. The molecule has 4 aromatic rings. The lowest BCUT2D eigenvalue weighted by atomic mass is 10.2. The number of aryl methyl sites for hydroxylation is 1. The summed E-state index contributed by atoms with van der Waals surface area (Å²) < 4.78 is 8.11. The number of pyridine rings is 1. The lowest BCUT2D eigenvalue weighted by molar-refractivity contribution is 0.0979. The number of anilines is 1. The Hall–Kier alpha value is -3.26. The SMILES string of the molecule is CCn1ccc(C(=O)N(Cc2cccnc2)c2nc3c(OC)cccc3s2)n1. The fourth-order valence-electron chi connectivity index (χ4n) is 2.88. The van der Waals surface area contributed by atoms with Crippen molar-refractivity contribution < 1.29 is 9.53 Å². The molecule has 0 radical (unpaired) electrons. The number of aromatic nitrogens is 4. The van der Waals surface area contributed by atoms with E-state index in [-0.39, 0.29) is 5.91 Å². The number of methoxy groups -OCH3 is 1. The van der Waals surface area contributed by atoms with Crippen LogP contribution in [0.15, 0.2) is 55.0 Å². The second-order valence-corrected chi connectivity index (χ2v) is 7.12. The molecule has 142 valence electrons. The number of nitrogens with zero attached hydrogens (tertiary/aromatic N) is 5. The quantitative estimate of drug-likeness (QED) is 0.499. The van der Waals surface area contributed by atoms with E-state index in [0.29, 0.717) is 29.7 Å². The Morgan fingerprint density at radius 2 is 2.14 bits per heavy atom. The van der Waals surface area contributed by atoms with Gasteiger partial charge in [0, 0.05) is 25.1 Å². The first-order valence-electron chi connectivity index (χ1n) is 8.87. The molecule has 8 heteroatoms. The highest BCUT2D eigenvalue weighted by molar-refractivity contribution is 7.22. The largest absolute Gasteiger partial charge is 0.494 e. The van der Waals surface area contributed by atoms with Gasteiger partial charge >= 0.3 is 0 Å². The van der Waals surface area contributed by atoms with Crippen LogP contribution < -0.4 is 9.64 Å². The van der Waals surface area contributed by atoms with Gasteiger partial charge < -0.3 is 4.74 Å². The van der Waals surface area contributed by atoms with Crippen molar-refractivity contribution in [1.29, 1.82) is 0 Å². The van der Waals surface area contributed by atoms with Crippen LogP contribution >= 0.6 is 11.3 Å². The maximum atomic E-state index is 13.3. The maximum Gasteiger partial charge on any atom is 0.280 e. The predicted molar refractivity (Wildman–Crippen MR) is 109 cm³/mol. The minimum atomic E-state index is -0.200. The Kier molecular flexibility index (Phi) is 5.03. The van der Waals surface area contributed by atoms with E-state index in [1.165, 1.54) is 11.3 Å². The van der Waals surface area contributed by atoms with Gasteiger partial charge in [0.25, 0.3) is 5.91 Å². The average molecular weight is 393 g/mol. The number of benzene rings is 1. The summed E-state index contributed by atoms with van der Waals surface area (Å²) in [5.41, 5.74) is 2.04. The van der Waals surface area contributed by atoms with Gasteiger partial charge in [0.15, 0.2) is 10.8 Å². The normalized spacial score (nSPS) is 10.9. The molecule has 0 unspecified atom stereocenters. The van der Waals surface area contributed by atoms with Gasteiger partial charge in [-0.1, -0.05) is 23.5 Å². The average Bonchev–Trinajstić information content (AvgIpc) is 3.39. The fraction of sp³-hybridized carbons (Fsp3) is 0.200. The topological polar surface area (TPSA) is 73.1 Å². The molecule has 0 spiro atoms. The van der Waals surface area contributed by atoms with Crippen molar-refractivity contribution in [3.63, 3.8) is 0 Å². The first-order valence-corrected chi connectivity index (χ1v) is 9.69. The van der Waals surface area contributed by atoms with Crippen molar-refractivity contribution in [3.05, 3.63) is 66.2 Å².